The van der Waals surface area contributed by atoms with Gasteiger partial charge in [-0.1, -0.05) is 45.8 Å². The van der Waals surface area contributed by atoms with E-state index < -0.39 is 0 Å². The molecule has 0 radical (unpaired) electrons. The molecule has 0 fully saturated rings. The standard InChI is InChI=1S/C12H24/c1-8-9(2)10(3)11(4)12(5,6)7/h9H,8H2,1-7H3/b11-10+/i8D. The van der Waals surface area contributed by atoms with Crippen LogP contribution in [0.1, 0.15) is 56.2 Å². The lowest BCUT2D eigenvalue weighted by Crippen LogP contribution is -2.11. The first kappa shape index (κ1) is 9.83. The Hall–Kier alpha value is -0.260. The summed E-state index contributed by atoms with van der Waals surface area (Å²) in [5.41, 5.74) is 3.06. The average Bonchev–Trinajstić information content (AvgIpc) is 1.98. The summed E-state index contributed by atoms with van der Waals surface area (Å²) in [7, 11) is 0. The van der Waals surface area contributed by atoms with Crippen LogP contribution in [0.15, 0.2) is 11.1 Å². The van der Waals surface area contributed by atoms with Gasteiger partial charge in [0.1, 0.15) is 0 Å². The van der Waals surface area contributed by atoms with Gasteiger partial charge in [-0.3, -0.25) is 0 Å². The van der Waals surface area contributed by atoms with Gasteiger partial charge >= 0.3 is 0 Å². The maximum Gasteiger partial charge on any atom is 0.0270 e. The Morgan fingerprint density at radius 1 is 1.33 bits per heavy atom. The minimum Gasteiger partial charge on any atom is -0.0710 e. The molecular formula is C12H24. The molecular weight excluding hydrogens is 144 g/mol. The van der Waals surface area contributed by atoms with Gasteiger partial charge in [0.05, 0.1) is 0 Å². The van der Waals surface area contributed by atoms with Crippen molar-refractivity contribution in [3.63, 3.8) is 0 Å². The van der Waals surface area contributed by atoms with E-state index in [9.17, 15) is 0 Å². The zero-order valence-corrected chi connectivity index (χ0v) is 9.65. The molecule has 12 heavy (non-hydrogen) atoms. The number of hydrogen-bond acceptors (Lipinski definition) is 0. The van der Waals surface area contributed by atoms with Crippen molar-refractivity contribution in [2.45, 2.75) is 54.9 Å². The van der Waals surface area contributed by atoms with E-state index in [0.29, 0.717) is 5.92 Å². The zero-order chi connectivity index (χ0) is 10.8. The van der Waals surface area contributed by atoms with Crippen LogP contribution in [0.3, 0.4) is 0 Å². The van der Waals surface area contributed by atoms with Crippen molar-refractivity contribution < 1.29 is 1.37 Å². The Kier molecular flexibility index (Phi) is 3.37. The van der Waals surface area contributed by atoms with E-state index in [1.807, 2.05) is 6.92 Å². The third kappa shape index (κ3) is 3.00. The lowest BCUT2D eigenvalue weighted by molar-refractivity contribution is 0.484. The number of allylic oxidation sites excluding steroid dienone is 2. The fourth-order valence-electron chi connectivity index (χ4n) is 1.18. The maximum absolute atomic E-state index is 7.68. The predicted octanol–water partition coefficient (Wildman–Crippen LogP) is 4.42. The summed E-state index contributed by atoms with van der Waals surface area (Å²) in [6, 6.07) is 0. The molecule has 0 nitrogen and oxygen atoms in total. The predicted molar refractivity (Wildman–Crippen MR) is 57.3 cm³/mol. The highest BCUT2D eigenvalue weighted by Gasteiger charge is 2.16. The van der Waals surface area contributed by atoms with Crippen molar-refractivity contribution in [1.29, 1.82) is 0 Å². The summed E-state index contributed by atoms with van der Waals surface area (Å²) in [4.78, 5) is 0. The van der Waals surface area contributed by atoms with Gasteiger partial charge in [-0.15, -0.1) is 0 Å². The molecule has 0 amide bonds. The Morgan fingerprint density at radius 3 is 2.00 bits per heavy atom. The van der Waals surface area contributed by atoms with E-state index in [-0.39, 0.29) is 11.8 Å². The molecule has 72 valence electrons. The molecule has 0 bridgehead atoms. The summed E-state index contributed by atoms with van der Waals surface area (Å²) in [5.74, 6) is 0.374. The van der Waals surface area contributed by atoms with Gasteiger partial charge in [-0.25, -0.2) is 0 Å². The Labute approximate surface area is 79.5 Å². The summed E-state index contributed by atoms with van der Waals surface area (Å²) in [6.07, 6.45) is -0.00250. The zero-order valence-electron chi connectivity index (χ0n) is 10.7. The van der Waals surface area contributed by atoms with E-state index in [4.69, 9.17) is 1.37 Å². The number of hydrogen-bond donors (Lipinski definition) is 0. The van der Waals surface area contributed by atoms with Gasteiger partial charge in [0.2, 0.25) is 0 Å². The van der Waals surface area contributed by atoms with Crippen LogP contribution in [0.5, 0.6) is 0 Å². The third-order valence-corrected chi connectivity index (χ3v) is 2.90. The Balaban J connectivity index is 4.82. The Bertz CT molecular complexity index is 194. The molecule has 0 aromatic rings. The monoisotopic (exact) mass is 169 g/mol. The normalized spacial score (nSPS) is 21.1. The second-order valence-corrected chi connectivity index (χ2v) is 4.68. The summed E-state index contributed by atoms with van der Waals surface area (Å²) < 4.78 is 7.68. The maximum atomic E-state index is 7.68. The van der Waals surface area contributed by atoms with Crippen LogP contribution in [0.2, 0.25) is 0 Å². The van der Waals surface area contributed by atoms with E-state index >= 15 is 0 Å². The highest BCUT2D eigenvalue weighted by molar-refractivity contribution is 5.17. The molecule has 0 saturated heterocycles. The molecule has 0 spiro atoms. The second-order valence-electron chi connectivity index (χ2n) is 4.68. The minimum atomic E-state index is -0.00250. The third-order valence-electron chi connectivity index (χ3n) is 2.90. The first-order chi connectivity index (χ1) is 5.68. The Morgan fingerprint density at radius 2 is 1.75 bits per heavy atom. The molecule has 0 saturated carbocycles. The van der Waals surface area contributed by atoms with Crippen LogP contribution in [-0.4, -0.2) is 0 Å². The average molecular weight is 169 g/mol. The van der Waals surface area contributed by atoms with E-state index in [1.54, 1.807) is 0 Å². The molecule has 2 unspecified atom stereocenters. The quantitative estimate of drug-likeness (QED) is 0.537. The molecule has 0 aliphatic rings. The van der Waals surface area contributed by atoms with Crippen molar-refractivity contribution >= 4 is 0 Å². The first-order valence-electron chi connectivity index (χ1n) is 5.35. The lowest BCUT2D eigenvalue weighted by Gasteiger charge is -2.25. The van der Waals surface area contributed by atoms with Crippen LogP contribution in [0.25, 0.3) is 0 Å². The highest BCUT2D eigenvalue weighted by Crippen LogP contribution is 2.30. The van der Waals surface area contributed by atoms with Gasteiger partial charge < -0.3 is 0 Å². The van der Waals surface area contributed by atoms with Crippen molar-refractivity contribution in [2.24, 2.45) is 11.3 Å². The van der Waals surface area contributed by atoms with Crippen molar-refractivity contribution in [2.75, 3.05) is 0 Å². The van der Waals surface area contributed by atoms with Gasteiger partial charge in [0.15, 0.2) is 0 Å². The molecule has 0 aromatic heterocycles. The molecule has 0 aliphatic heterocycles. The van der Waals surface area contributed by atoms with E-state index in [1.165, 1.54) is 11.1 Å². The highest BCUT2D eigenvalue weighted by atomic mass is 14.2. The van der Waals surface area contributed by atoms with Crippen LogP contribution >= 0.6 is 0 Å². The van der Waals surface area contributed by atoms with Crippen LogP contribution in [0.4, 0.5) is 0 Å². The first-order valence-corrected chi connectivity index (χ1v) is 4.78. The van der Waals surface area contributed by atoms with Gasteiger partial charge in [-0.2, -0.15) is 0 Å². The molecule has 0 heterocycles. The summed E-state index contributed by atoms with van der Waals surface area (Å²) in [6.45, 7) is 15.1. The number of rotatable bonds is 2. The molecule has 0 N–H and O–H groups in total. The van der Waals surface area contributed by atoms with Crippen molar-refractivity contribution in [3.05, 3.63) is 11.1 Å². The second kappa shape index (κ2) is 4.11. The van der Waals surface area contributed by atoms with E-state index in [2.05, 4.69) is 41.5 Å². The molecule has 2 atom stereocenters. The lowest BCUT2D eigenvalue weighted by atomic mass is 9.81. The van der Waals surface area contributed by atoms with Crippen LogP contribution in [0, 0.1) is 11.3 Å². The fraction of sp³-hybridized carbons (Fsp3) is 0.833. The van der Waals surface area contributed by atoms with Crippen LogP contribution < -0.4 is 0 Å². The fourth-order valence-corrected chi connectivity index (χ4v) is 1.18. The van der Waals surface area contributed by atoms with Gasteiger partial charge in [0.25, 0.3) is 0 Å². The molecule has 0 aromatic carbocycles. The topological polar surface area (TPSA) is 0 Å². The smallest absolute Gasteiger partial charge is 0.0270 e. The molecule has 0 rings (SSSR count). The van der Waals surface area contributed by atoms with Gasteiger partial charge in [-0.05, 0) is 31.6 Å². The molecule has 0 aliphatic carbocycles. The van der Waals surface area contributed by atoms with E-state index in [0.717, 1.165) is 0 Å². The van der Waals surface area contributed by atoms with Crippen molar-refractivity contribution in [3.8, 4) is 0 Å². The summed E-state index contributed by atoms with van der Waals surface area (Å²) in [5, 5.41) is 0. The molecule has 0 heteroatoms. The largest absolute Gasteiger partial charge is 0.0710 e. The van der Waals surface area contributed by atoms with Crippen LogP contribution in [-0.2, 0) is 0 Å². The summed E-state index contributed by atoms with van der Waals surface area (Å²) >= 11 is 0. The SMILES string of the molecule is [2H]C(C)C(C)/C(C)=C(\C)C(C)(C)C. The minimum absolute atomic E-state index is 0.00250. The van der Waals surface area contributed by atoms with Crippen molar-refractivity contribution in [1.82, 2.24) is 0 Å². The van der Waals surface area contributed by atoms with Gasteiger partial charge in [0, 0.05) is 1.37 Å².